The van der Waals surface area contributed by atoms with E-state index in [1.807, 2.05) is 0 Å². The molecular weight excluding hydrogens is 642 g/mol. The van der Waals surface area contributed by atoms with E-state index in [-0.39, 0.29) is 12.8 Å². The molecule has 0 bridgehead atoms. The van der Waals surface area contributed by atoms with E-state index in [4.69, 9.17) is 0 Å². The molecule has 0 radical (unpaired) electrons. The molecule has 4 nitrogen and oxygen atoms in total. The number of rotatable bonds is 10. The highest BCUT2D eigenvalue weighted by Crippen LogP contribution is 2.33. The van der Waals surface area contributed by atoms with E-state index < -0.39 is 33.2 Å². The van der Waals surface area contributed by atoms with Crippen molar-refractivity contribution in [2.75, 3.05) is 0 Å². The summed E-state index contributed by atoms with van der Waals surface area (Å²) < 4.78 is 0. The monoisotopic (exact) mass is 684 g/mol. The molecule has 6 rings (SSSR count). The maximum absolute atomic E-state index is 10.4. The summed E-state index contributed by atoms with van der Waals surface area (Å²) in [7, 11) is -1.75. The fraction of sp³-hybridized carbons (Fsp3) is 0.116. The molecule has 0 spiro atoms. The van der Waals surface area contributed by atoms with E-state index in [0.717, 1.165) is 0 Å². The van der Waals surface area contributed by atoms with Gasteiger partial charge in [-0.15, -0.1) is 0 Å². The Balaban J connectivity index is 0.000000173. The molecule has 0 saturated carbocycles. The smallest absolute Gasteiger partial charge is 0.102 e. The number of carbonyl (C=O) groups excluding carboxylic acids is 2. The molecule has 0 saturated heterocycles. The number of benzene rings is 6. The highest BCUT2D eigenvalue weighted by Gasteiger charge is 2.29. The molecule has 0 heterocycles. The topological polar surface area (TPSA) is 80.3 Å². The van der Waals surface area contributed by atoms with Gasteiger partial charge in [0, 0.05) is 5.41 Å². The molecule has 0 unspecified atom stereocenters. The first-order valence-corrected chi connectivity index (χ1v) is 19.4. The molecule has 248 valence electrons. The lowest BCUT2D eigenvalue weighted by molar-refractivity contribution is -0.343. The molecule has 0 aromatic heterocycles. The van der Waals surface area contributed by atoms with Crippen molar-refractivity contribution >= 4 is 59.6 Å². The zero-order valence-electron chi connectivity index (χ0n) is 27.9. The minimum Gasteiger partial charge on any atom is -0.549 e. The molecule has 49 heavy (non-hydrogen) atoms. The highest BCUT2D eigenvalue weighted by molar-refractivity contribution is 7.80. The summed E-state index contributed by atoms with van der Waals surface area (Å²) in [5.41, 5.74) is -1.81. The van der Waals surface area contributed by atoms with Gasteiger partial charge in [-0.3, -0.25) is 0 Å². The van der Waals surface area contributed by atoms with Crippen LogP contribution in [0.1, 0.15) is 26.7 Å². The van der Waals surface area contributed by atoms with Crippen LogP contribution >= 0.6 is 15.8 Å². The van der Waals surface area contributed by atoms with Crippen molar-refractivity contribution in [1.82, 2.24) is 0 Å². The van der Waals surface area contributed by atoms with Crippen molar-refractivity contribution < 1.29 is 19.8 Å². The lowest BCUT2D eigenvalue weighted by Gasteiger charge is -2.33. The second kappa shape index (κ2) is 19.2. The van der Waals surface area contributed by atoms with E-state index >= 15 is 0 Å². The Kier molecular flexibility index (Phi) is 14.5. The van der Waals surface area contributed by atoms with Gasteiger partial charge >= 0.3 is 0 Å². The second-order valence-electron chi connectivity index (χ2n) is 11.3. The number of carbonyl (C=O) groups is 2. The zero-order chi connectivity index (χ0) is 34.9. The van der Waals surface area contributed by atoms with Crippen molar-refractivity contribution in [3.8, 4) is 0 Å². The van der Waals surface area contributed by atoms with E-state index in [9.17, 15) is 19.8 Å². The van der Waals surface area contributed by atoms with Crippen LogP contribution in [-0.2, 0) is 9.59 Å². The lowest BCUT2D eigenvalue weighted by Crippen LogP contribution is -2.53. The summed E-state index contributed by atoms with van der Waals surface area (Å²) in [6.45, 7) is 2.96. The van der Waals surface area contributed by atoms with Gasteiger partial charge in [0.25, 0.3) is 0 Å². The Labute approximate surface area is 292 Å². The Morgan fingerprint density at radius 1 is 0.388 bits per heavy atom. The van der Waals surface area contributed by atoms with E-state index in [0.29, 0.717) is 0 Å². The van der Waals surface area contributed by atoms with E-state index in [1.54, 1.807) is 0 Å². The van der Waals surface area contributed by atoms with Gasteiger partial charge in [-0.1, -0.05) is 123 Å². The van der Waals surface area contributed by atoms with Crippen LogP contribution in [0, 0.1) is 5.41 Å². The third kappa shape index (κ3) is 10.1. The number of hydrogen-bond acceptors (Lipinski definition) is 4. The second-order valence-corrected chi connectivity index (χ2v) is 16.3. The summed E-state index contributed by atoms with van der Waals surface area (Å²) in [4.78, 5) is 20.8. The quantitative estimate of drug-likeness (QED) is 0.156. The fourth-order valence-electron chi connectivity index (χ4n) is 5.54. The van der Waals surface area contributed by atoms with Gasteiger partial charge in [0.1, 0.15) is 31.8 Å². The molecule has 0 aliphatic carbocycles. The Hall–Kier alpha value is -4.88. The van der Waals surface area contributed by atoms with Crippen LogP contribution in [0.5, 0.6) is 0 Å². The van der Waals surface area contributed by atoms with Gasteiger partial charge in [-0.25, -0.2) is 0 Å². The standard InChI is InChI=1S/2C18H15P.C7H12O4/c2*1-4-10-16(11-5-1)19(17-12-6-2-7-13-17)18-14-8-3-9-15-18;1-3-7(4-2,5(8)9)6(10)11/h2*1-15H;3-4H2,1-2H3,(H,8,9)(H,10,11). The average molecular weight is 685 g/mol. The predicted octanol–water partition coefficient (Wildman–Crippen LogP) is 4.65. The normalized spacial score (nSPS) is 10.7. The van der Waals surface area contributed by atoms with Crippen LogP contribution in [0.4, 0.5) is 0 Å². The number of aliphatic carboxylic acids is 2. The van der Waals surface area contributed by atoms with Gasteiger partial charge in [0.2, 0.25) is 0 Å². The maximum Gasteiger partial charge on any atom is 0.102 e. The van der Waals surface area contributed by atoms with Crippen LogP contribution in [0.3, 0.4) is 0 Å². The molecule has 0 fully saturated rings. The minimum atomic E-state index is -1.81. The molecule has 0 N–H and O–H groups in total. The number of hydrogen-bond donors (Lipinski definition) is 0. The van der Waals surface area contributed by atoms with Crippen LogP contribution in [-0.4, -0.2) is 11.9 Å². The molecule has 0 amide bonds. The first-order chi connectivity index (χ1) is 23.9. The van der Waals surface area contributed by atoms with Gasteiger partial charge < -0.3 is 19.8 Å². The summed E-state index contributed by atoms with van der Waals surface area (Å²) in [5.74, 6) is -3.13. The Morgan fingerprint density at radius 2 is 0.551 bits per heavy atom. The minimum absolute atomic E-state index is 0.00579. The van der Waals surface area contributed by atoms with Gasteiger partial charge in [-0.2, -0.15) is 0 Å². The van der Waals surface area contributed by atoms with Gasteiger partial charge in [0.05, 0.1) is 27.8 Å². The number of carboxylic acid groups (broad SMARTS) is 2. The summed E-state index contributed by atoms with van der Waals surface area (Å²) in [6.07, 6.45) is -0.0116. The van der Waals surface area contributed by atoms with E-state index in [1.165, 1.54) is 45.7 Å². The first-order valence-electron chi connectivity index (χ1n) is 16.4. The van der Waals surface area contributed by atoms with Crippen LogP contribution < -0.4 is 42.0 Å². The predicted molar refractivity (Wildman–Crippen MR) is 206 cm³/mol. The molecule has 0 aliphatic heterocycles. The summed E-state index contributed by atoms with van der Waals surface area (Å²) >= 11 is 0. The van der Waals surface area contributed by atoms with Crippen LogP contribution in [0.15, 0.2) is 182 Å². The van der Waals surface area contributed by atoms with Crippen molar-refractivity contribution in [1.29, 1.82) is 0 Å². The molecule has 6 heteroatoms. The fourth-order valence-corrected chi connectivity index (χ4v) is 10.7. The van der Waals surface area contributed by atoms with Crippen molar-refractivity contribution in [3.63, 3.8) is 0 Å². The largest absolute Gasteiger partial charge is 0.549 e. The van der Waals surface area contributed by atoms with Gasteiger partial charge in [0.15, 0.2) is 0 Å². The third-order valence-electron chi connectivity index (χ3n) is 8.36. The zero-order valence-corrected chi connectivity index (χ0v) is 29.9. The first kappa shape index (κ1) is 36.9. The molecule has 0 atom stereocenters. The summed E-state index contributed by atoms with van der Waals surface area (Å²) in [6, 6.07) is 65.0. The molecule has 0 aliphatic rings. The van der Waals surface area contributed by atoms with Crippen LogP contribution in [0.25, 0.3) is 0 Å². The molecule has 6 aromatic carbocycles. The lowest BCUT2D eigenvalue weighted by atomic mass is 9.83. The van der Waals surface area contributed by atoms with Gasteiger partial charge in [-0.05, 0) is 85.6 Å². The SMILES string of the molecule is CCC(CC)(C(=O)[O-])C(=O)[O-].c1ccc([PH+](c2ccccc2)c2ccccc2)cc1.c1ccc([PH+](c2ccccc2)c2ccccc2)cc1. The maximum atomic E-state index is 10.4. The van der Waals surface area contributed by atoms with E-state index in [2.05, 4.69) is 182 Å². The van der Waals surface area contributed by atoms with Crippen molar-refractivity contribution in [2.45, 2.75) is 26.7 Å². The molecular formula is C43H42O4P2. The Bertz CT molecular complexity index is 1490. The third-order valence-corrected chi connectivity index (χ3v) is 13.8. The molecule has 6 aromatic rings. The van der Waals surface area contributed by atoms with Crippen LogP contribution in [0.2, 0.25) is 0 Å². The number of carboxylic acids is 2. The Morgan fingerprint density at radius 3 is 0.653 bits per heavy atom. The van der Waals surface area contributed by atoms with Crippen molar-refractivity contribution in [3.05, 3.63) is 182 Å². The summed E-state index contributed by atoms with van der Waals surface area (Å²) in [5, 5.41) is 29.4. The van der Waals surface area contributed by atoms with Crippen molar-refractivity contribution in [2.24, 2.45) is 5.41 Å². The average Bonchev–Trinajstić information content (AvgIpc) is 3.16. The highest BCUT2D eigenvalue weighted by atomic mass is 31.1.